The van der Waals surface area contributed by atoms with Gasteiger partial charge in [0.2, 0.25) is 5.91 Å². The number of nitrogens with one attached hydrogen (secondary N) is 1. The maximum absolute atomic E-state index is 12.4. The van der Waals surface area contributed by atoms with E-state index < -0.39 is 0 Å². The predicted octanol–water partition coefficient (Wildman–Crippen LogP) is 3.74. The second-order valence-electron chi connectivity index (χ2n) is 6.05. The monoisotopic (exact) mass is 303 g/mol. The van der Waals surface area contributed by atoms with E-state index in [-0.39, 0.29) is 5.41 Å². The molecule has 17 heavy (non-hydrogen) atoms. The van der Waals surface area contributed by atoms with Crippen LogP contribution in [0.2, 0.25) is 0 Å². The number of carbonyl (C=O) groups is 1. The molecule has 0 aromatic carbocycles. The number of alkyl halides is 1. The molecule has 1 fully saturated rings. The van der Waals surface area contributed by atoms with E-state index in [9.17, 15) is 4.79 Å². The Bertz CT molecular complexity index is 247. The topological polar surface area (TPSA) is 29.1 Å². The lowest BCUT2D eigenvalue weighted by Crippen LogP contribution is -2.42. The molecule has 1 aliphatic carbocycles. The van der Waals surface area contributed by atoms with Crippen LogP contribution in [0.25, 0.3) is 0 Å². The first-order valence-corrected chi connectivity index (χ1v) is 7.96. The van der Waals surface area contributed by atoms with Crippen molar-refractivity contribution in [1.29, 1.82) is 0 Å². The van der Waals surface area contributed by atoms with Crippen LogP contribution in [0.5, 0.6) is 0 Å². The second-order valence-corrected chi connectivity index (χ2v) is 6.70. The van der Waals surface area contributed by atoms with Crippen molar-refractivity contribution in [1.82, 2.24) is 5.32 Å². The second kappa shape index (κ2) is 6.77. The minimum absolute atomic E-state index is 0.0554. The zero-order valence-electron chi connectivity index (χ0n) is 11.4. The summed E-state index contributed by atoms with van der Waals surface area (Å²) in [6.07, 6.45) is 5.64. The molecule has 0 saturated heterocycles. The first-order valence-electron chi connectivity index (χ1n) is 6.84. The van der Waals surface area contributed by atoms with Crippen molar-refractivity contribution in [2.75, 3.05) is 11.9 Å². The van der Waals surface area contributed by atoms with Gasteiger partial charge in [-0.1, -0.05) is 49.5 Å². The lowest BCUT2D eigenvalue weighted by molar-refractivity contribution is -0.131. The van der Waals surface area contributed by atoms with Crippen LogP contribution in [0.3, 0.4) is 0 Å². The van der Waals surface area contributed by atoms with E-state index in [1.807, 2.05) is 0 Å². The first kappa shape index (κ1) is 15.0. The van der Waals surface area contributed by atoms with E-state index in [4.69, 9.17) is 0 Å². The Kier molecular flexibility index (Phi) is 5.98. The van der Waals surface area contributed by atoms with Crippen LogP contribution in [0.15, 0.2) is 0 Å². The quantitative estimate of drug-likeness (QED) is 0.744. The zero-order chi connectivity index (χ0) is 12.9. The highest BCUT2D eigenvalue weighted by Crippen LogP contribution is 2.43. The van der Waals surface area contributed by atoms with Crippen molar-refractivity contribution >= 4 is 21.8 Å². The Labute approximate surface area is 114 Å². The summed E-state index contributed by atoms with van der Waals surface area (Å²) in [5.41, 5.74) is -0.0554. The zero-order valence-corrected chi connectivity index (χ0v) is 13.0. The van der Waals surface area contributed by atoms with Crippen LogP contribution in [0.4, 0.5) is 0 Å². The van der Waals surface area contributed by atoms with Gasteiger partial charge in [0, 0.05) is 17.3 Å². The molecule has 0 aliphatic heterocycles. The third kappa shape index (κ3) is 4.27. The number of hydrogen-bond donors (Lipinski definition) is 1. The van der Waals surface area contributed by atoms with Crippen LogP contribution in [0, 0.1) is 17.3 Å². The van der Waals surface area contributed by atoms with Crippen molar-refractivity contribution in [3.8, 4) is 0 Å². The number of halogens is 1. The Morgan fingerprint density at radius 1 is 1.29 bits per heavy atom. The number of amides is 1. The Hall–Kier alpha value is -0.0500. The van der Waals surface area contributed by atoms with Crippen LogP contribution < -0.4 is 5.32 Å². The Morgan fingerprint density at radius 3 is 2.35 bits per heavy atom. The fraction of sp³-hybridized carbons (Fsp3) is 0.929. The average Bonchev–Trinajstić information content (AvgIpc) is 2.74. The molecule has 0 heterocycles. The smallest absolute Gasteiger partial charge is 0.226 e. The summed E-state index contributed by atoms with van der Waals surface area (Å²) in [6, 6.07) is 0. The highest BCUT2D eigenvalue weighted by molar-refractivity contribution is 9.09. The fourth-order valence-electron chi connectivity index (χ4n) is 2.87. The van der Waals surface area contributed by atoms with Gasteiger partial charge in [-0.3, -0.25) is 4.79 Å². The summed E-state index contributed by atoms with van der Waals surface area (Å²) < 4.78 is 0. The van der Waals surface area contributed by atoms with Gasteiger partial charge in [-0.15, -0.1) is 0 Å². The molecular formula is C14H26BrNO. The predicted molar refractivity (Wildman–Crippen MR) is 76.3 cm³/mol. The molecule has 1 unspecified atom stereocenters. The molecular weight excluding hydrogens is 278 g/mol. The molecule has 1 rings (SSSR count). The number of rotatable bonds is 6. The van der Waals surface area contributed by atoms with Gasteiger partial charge >= 0.3 is 0 Å². The molecule has 1 saturated carbocycles. The van der Waals surface area contributed by atoms with Gasteiger partial charge in [-0.2, -0.15) is 0 Å². The van der Waals surface area contributed by atoms with E-state index >= 15 is 0 Å². The van der Waals surface area contributed by atoms with E-state index in [0.29, 0.717) is 17.7 Å². The minimum Gasteiger partial charge on any atom is -0.355 e. The van der Waals surface area contributed by atoms with E-state index in [1.165, 1.54) is 12.8 Å². The van der Waals surface area contributed by atoms with Crippen molar-refractivity contribution in [2.24, 2.45) is 17.3 Å². The highest BCUT2D eigenvalue weighted by Gasteiger charge is 2.41. The van der Waals surface area contributed by atoms with Crippen LogP contribution in [-0.2, 0) is 4.79 Å². The lowest BCUT2D eigenvalue weighted by Gasteiger charge is -2.30. The fourth-order valence-corrected chi connectivity index (χ4v) is 3.10. The SMILES string of the molecule is CC(C)CC1(C(=O)NCC(C)CBr)CCCC1. The molecule has 1 aliphatic rings. The first-order chi connectivity index (χ1) is 8.00. The average molecular weight is 304 g/mol. The molecule has 0 aromatic heterocycles. The summed E-state index contributed by atoms with van der Waals surface area (Å²) in [5.74, 6) is 1.42. The summed E-state index contributed by atoms with van der Waals surface area (Å²) in [6.45, 7) is 7.38. The lowest BCUT2D eigenvalue weighted by atomic mass is 9.77. The third-order valence-electron chi connectivity index (χ3n) is 3.72. The summed E-state index contributed by atoms with van der Waals surface area (Å²) in [5, 5.41) is 4.10. The molecule has 3 heteroatoms. The molecule has 2 nitrogen and oxygen atoms in total. The maximum Gasteiger partial charge on any atom is 0.226 e. The minimum atomic E-state index is -0.0554. The van der Waals surface area contributed by atoms with Crippen LogP contribution >= 0.6 is 15.9 Å². The largest absolute Gasteiger partial charge is 0.355 e. The standard InChI is InChI=1S/C14H26BrNO/c1-11(2)8-14(6-4-5-7-14)13(17)16-10-12(3)9-15/h11-12H,4-10H2,1-3H3,(H,16,17). The van der Waals surface area contributed by atoms with Crippen molar-refractivity contribution in [3.63, 3.8) is 0 Å². The normalized spacial score (nSPS) is 20.5. The van der Waals surface area contributed by atoms with E-state index in [0.717, 1.165) is 31.1 Å². The van der Waals surface area contributed by atoms with Gasteiger partial charge in [0.1, 0.15) is 0 Å². The van der Waals surface area contributed by atoms with Gasteiger partial charge in [0.25, 0.3) is 0 Å². The molecule has 0 radical (unpaired) electrons. The van der Waals surface area contributed by atoms with E-state index in [2.05, 4.69) is 42.0 Å². The summed E-state index contributed by atoms with van der Waals surface area (Å²) in [7, 11) is 0. The molecule has 1 amide bonds. The molecule has 100 valence electrons. The van der Waals surface area contributed by atoms with Crippen molar-refractivity contribution in [3.05, 3.63) is 0 Å². The van der Waals surface area contributed by atoms with Gasteiger partial charge in [-0.25, -0.2) is 0 Å². The van der Waals surface area contributed by atoms with Gasteiger partial charge in [-0.05, 0) is 31.1 Å². The van der Waals surface area contributed by atoms with Gasteiger partial charge in [0.05, 0.1) is 0 Å². The van der Waals surface area contributed by atoms with Gasteiger partial charge in [0.15, 0.2) is 0 Å². The van der Waals surface area contributed by atoms with Gasteiger partial charge < -0.3 is 5.32 Å². The maximum atomic E-state index is 12.4. The van der Waals surface area contributed by atoms with Crippen LogP contribution in [0.1, 0.15) is 52.9 Å². The summed E-state index contributed by atoms with van der Waals surface area (Å²) >= 11 is 3.45. The molecule has 0 aromatic rings. The highest BCUT2D eigenvalue weighted by atomic mass is 79.9. The molecule has 0 bridgehead atoms. The molecule has 0 spiro atoms. The Balaban J connectivity index is 2.55. The number of carbonyl (C=O) groups excluding carboxylic acids is 1. The molecule has 1 N–H and O–H groups in total. The van der Waals surface area contributed by atoms with E-state index in [1.54, 1.807) is 0 Å². The van der Waals surface area contributed by atoms with Crippen molar-refractivity contribution < 1.29 is 4.79 Å². The number of hydrogen-bond acceptors (Lipinski definition) is 1. The van der Waals surface area contributed by atoms with Crippen LogP contribution in [-0.4, -0.2) is 17.8 Å². The third-order valence-corrected chi connectivity index (χ3v) is 4.82. The Morgan fingerprint density at radius 2 is 1.88 bits per heavy atom. The molecule has 1 atom stereocenters. The van der Waals surface area contributed by atoms with Crippen molar-refractivity contribution in [2.45, 2.75) is 52.9 Å². The summed E-state index contributed by atoms with van der Waals surface area (Å²) in [4.78, 5) is 12.4.